The van der Waals surface area contributed by atoms with E-state index in [-0.39, 0.29) is 0 Å². The Balaban J connectivity index is 2.22. The summed E-state index contributed by atoms with van der Waals surface area (Å²) in [4.78, 5) is 8.16. The van der Waals surface area contributed by atoms with Crippen molar-refractivity contribution in [2.75, 3.05) is 0 Å². The summed E-state index contributed by atoms with van der Waals surface area (Å²) in [6.07, 6.45) is 3.15. The van der Waals surface area contributed by atoms with E-state index >= 15 is 0 Å². The molecule has 0 radical (unpaired) electrons. The van der Waals surface area contributed by atoms with Crippen molar-refractivity contribution in [3.8, 4) is 11.5 Å². The third-order valence-corrected chi connectivity index (χ3v) is 2.84. The van der Waals surface area contributed by atoms with Crippen molar-refractivity contribution >= 4 is 22.6 Å². The molecule has 1 aromatic carbocycles. The molecule has 0 bridgehead atoms. The van der Waals surface area contributed by atoms with Crippen LogP contribution in [-0.4, -0.2) is 9.97 Å². The Labute approximate surface area is 103 Å². The number of nitrogens with zero attached hydrogens (tertiary/aromatic N) is 2. The Hall–Kier alpha value is -1.87. The Morgan fingerprint density at radius 1 is 1.12 bits per heavy atom. The van der Waals surface area contributed by atoms with Crippen molar-refractivity contribution in [3.05, 3.63) is 47.4 Å². The number of fused-ring (bicyclic) bond motifs is 1. The average Bonchev–Trinajstić information content (AvgIpc) is 2.72. The van der Waals surface area contributed by atoms with E-state index in [0.29, 0.717) is 16.6 Å². The average molecular weight is 245 g/mol. The van der Waals surface area contributed by atoms with E-state index in [1.807, 2.05) is 25.1 Å². The zero-order valence-corrected chi connectivity index (χ0v) is 9.90. The van der Waals surface area contributed by atoms with Crippen molar-refractivity contribution in [1.29, 1.82) is 0 Å². The molecule has 0 unspecified atom stereocenters. The first kappa shape index (κ1) is 10.3. The number of furan rings is 1. The molecule has 3 nitrogen and oxygen atoms in total. The van der Waals surface area contributed by atoms with Crippen molar-refractivity contribution in [1.82, 2.24) is 9.97 Å². The predicted octanol–water partition coefficient (Wildman–Crippen LogP) is 3.85. The van der Waals surface area contributed by atoms with Gasteiger partial charge < -0.3 is 4.42 Å². The summed E-state index contributed by atoms with van der Waals surface area (Å²) < 4.78 is 5.70. The predicted molar refractivity (Wildman–Crippen MR) is 67.0 cm³/mol. The second kappa shape index (κ2) is 3.86. The standard InChI is InChI=1S/C13H9ClN2O/c1-8-2-3-10-9(6-8)7-11(17-10)12-13(14)16-5-4-15-12/h2-7H,1H3. The number of aromatic nitrogens is 2. The van der Waals surface area contributed by atoms with Gasteiger partial charge in [0.2, 0.25) is 0 Å². The van der Waals surface area contributed by atoms with Crippen LogP contribution in [0, 0.1) is 6.92 Å². The highest BCUT2D eigenvalue weighted by Crippen LogP contribution is 2.30. The van der Waals surface area contributed by atoms with Gasteiger partial charge in [-0.2, -0.15) is 0 Å². The van der Waals surface area contributed by atoms with E-state index in [4.69, 9.17) is 16.0 Å². The summed E-state index contributed by atoms with van der Waals surface area (Å²) in [6, 6.07) is 7.94. The van der Waals surface area contributed by atoms with Crippen LogP contribution in [0.4, 0.5) is 0 Å². The van der Waals surface area contributed by atoms with Gasteiger partial charge >= 0.3 is 0 Å². The molecular weight excluding hydrogens is 236 g/mol. The molecule has 3 aromatic rings. The summed E-state index contributed by atoms with van der Waals surface area (Å²) in [7, 11) is 0. The van der Waals surface area contributed by atoms with Gasteiger partial charge in [-0.25, -0.2) is 9.97 Å². The van der Waals surface area contributed by atoms with Gasteiger partial charge in [0.25, 0.3) is 0 Å². The zero-order chi connectivity index (χ0) is 11.8. The highest BCUT2D eigenvalue weighted by molar-refractivity contribution is 6.31. The number of hydrogen-bond acceptors (Lipinski definition) is 3. The molecule has 4 heteroatoms. The quantitative estimate of drug-likeness (QED) is 0.653. The van der Waals surface area contributed by atoms with Crippen LogP contribution in [0.3, 0.4) is 0 Å². The third-order valence-electron chi connectivity index (χ3n) is 2.56. The molecule has 0 amide bonds. The third kappa shape index (κ3) is 1.78. The second-order valence-electron chi connectivity index (χ2n) is 3.85. The number of halogens is 1. The lowest BCUT2D eigenvalue weighted by atomic mass is 10.2. The van der Waals surface area contributed by atoms with Gasteiger partial charge in [0.15, 0.2) is 10.9 Å². The van der Waals surface area contributed by atoms with E-state index in [2.05, 4.69) is 16.0 Å². The first-order chi connectivity index (χ1) is 8.24. The lowest BCUT2D eigenvalue weighted by Crippen LogP contribution is -1.84. The molecule has 84 valence electrons. The summed E-state index contributed by atoms with van der Waals surface area (Å²) in [6.45, 7) is 2.04. The minimum absolute atomic E-state index is 0.350. The Morgan fingerprint density at radius 2 is 1.94 bits per heavy atom. The van der Waals surface area contributed by atoms with Gasteiger partial charge in [-0.05, 0) is 25.1 Å². The molecule has 2 aromatic heterocycles. The van der Waals surface area contributed by atoms with Crippen LogP contribution < -0.4 is 0 Å². The topological polar surface area (TPSA) is 38.9 Å². The number of rotatable bonds is 1. The van der Waals surface area contributed by atoms with Gasteiger partial charge in [0.1, 0.15) is 11.3 Å². The smallest absolute Gasteiger partial charge is 0.158 e. The molecule has 0 saturated carbocycles. The summed E-state index contributed by atoms with van der Waals surface area (Å²) in [5, 5.41) is 1.39. The molecular formula is C13H9ClN2O. The van der Waals surface area contributed by atoms with E-state index in [9.17, 15) is 0 Å². The van der Waals surface area contributed by atoms with Crippen molar-refractivity contribution in [3.63, 3.8) is 0 Å². The van der Waals surface area contributed by atoms with Gasteiger partial charge in [0, 0.05) is 17.8 Å². The van der Waals surface area contributed by atoms with Crippen LogP contribution in [0.2, 0.25) is 5.15 Å². The number of aryl methyl sites for hydroxylation is 1. The first-order valence-corrected chi connectivity index (χ1v) is 5.59. The Kier molecular flexibility index (Phi) is 2.34. The van der Waals surface area contributed by atoms with Crippen LogP contribution in [0.5, 0.6) is 0 Å². The van der Waals surface area contributed by atoms with Crippen LogP contribution in [-0.2, 0) is 0 Å². The van der Waals surface area contributed by atoms with Crippen molar-refractivity contribution in [2.24, 2.45) is 0 Å². The van der Waals surface area contributed by atoms with E-state index in [1.165, 1.54) is 5.56 Å². The van der Waals surface area contributed by atoms with E-state index < -0.39 is 0 Å². The minimum Gasteiger partial charge on any atom is -0.454 e. The summed E-state index contributed by atoms with van der Waals surface area (Å²) >= 11 is 5.98. The first-order valence-electron chi connectivity index (χ1n) is 5.21. The fraction of sp³-hybridized carbons (Fsp3) is 0.0769. The number of benzene rings is 1. The SMILES string of the molecule is Cc1ccc2oc(-c3nccnc3Cl)cc2c1. The maximum Gasteiger partial charge on any atom is 0.158 e. The van der Waals surface area contributed by atoms with Crippen LogP contribution in [0.15, 0.2) is 41.1 Å². The molecule has 17 heavy (non-hydrogen) atoms. The van der Waals surface area contributed by atoms with Gasteiger partial charge in [-0.1, -0.05) is 23.2 Å². The molecule has 0 saturated heterocycles. The van der Waals surface area contributed by atoms with Gasteiger partial charge in [-0.3, -0.25) is 0 Å². The fourth-order valence-electron chi connectivity index (χ4n) is 1.77. The number of hydrogen-bond donors (Lipinski definition) is 0. The van der Waals surface area contributed by atoms with Crippen molar-refractivity contribution in [2.45, 2.75) is 6.92 Å². The van der Waals surface area contributed by atoms with Gasteiger partial charge in [-0.15, -0.1) is 0 Å². The van der Waals surface area contributed by atoms with Gasteiger partial charge in [0.05, 0.1) is 0 Å². The largest absolute Gasteiger partial charge is 0.454 e. The lowest BCUT2D eigenvalue weighted by molar-refractivity contribution is 0.628. The Morgan fingerprint density at radius 3 is 2.76 bits per heavy atom. The molecule has 0 aliphatic rings. The molecule has 3 rings (SSSR count). The summed E-state index contributed by atoms with van der Waals surface area (Å²) in [5.74, 6) is 0.642. The molecule has 0 aliphatic heterocycles. The molecule has 0 aliphatic carbocycles. The van der Waals surface area contributed by atoms with Crippen LogP contribution >= 0.6 is 11.6 Å². The molecule has 0 spiro atoms. The maximum absolute atomic E-state index is 5.98. The molecule has 2 heterocycles. The molecule has 0 N–H and O–H groups in total. The summed E-state index contributed by atoms with van der Waals surface area (Å²) in [5.41, 5.74) is 2.59. The highest BCUT2D eigenvalue weighted by atomic mass is 35.5. The second-order valence-corrected chi connectivity index (χ2v) is 4.21. The minimum atomic E-state index is 0.350. The van der Waals surface area contributed by atoms with Crippen LogP contribution in [0.25, 0.3) is 22.4 Å². The van der Waals surface area contributed by atoms with Crippen molar-refractivity contribution < 1.29 is 4.42 Å². The monoisotopic (exact) mass is 244 g/mol. The molecule has 0 atom stereocenters. The van der Waals surface area contributed by atoms with E-state index in [0.717, 1.165) is 11.0 Å². The zero-order valence-electron chi connectivity index (χ0n) is 9.14. The Bertz CT molecular complexity index is 691. The lowest BCUT2D eigenvalue weighted by Gasteiger charge is -1.96. The van der Waals surface area contributed by atoms with Crippen LogP contribution in [0.1, 0.15) is 5.56 Å². The highest BCUT2D eigenvalue weighted by Gasteiger charge is 2.11. The maximum atomic E-state index is 5.98. The van der Waals surface area contributed by atoms with E-state index in [1.54, 1.807) is 12.4 Å². The molecule has 0 fully saturated rings. The fourth-order valence-corrected chi connectivity index (χ4v) is 1.96. The normalized spacial score (nSPS) is 10.9.